The average Bonchev–Trinajstić information content (AvgIpc) is 2.26. The SMILES string of the molecule is Cc1cc(-c2ccc(Cl)cc2)cc(C)c1C. The summed E-state index contributed by atoms with van der Waals surface area (Å²) in [6, 6.07) is 12.4. The van der Waals surface area contributed by atoms with Gasteiger partial charge in [0.15, 0.2) is 0 Å². The molecule has 16 heavy (non-hydrogen) atoms. The van der Waals surface area contributed by atoms with Gasteiger partial charge in [-0.25, -0.2) is 0 Å². The Morgan fingerprint density at radius 1 is 0.750 bits per heavy atom. The van der Waals surface area contributed by atoms with Gasteiger partial charge < -0.3 is 0 Å². The Morgan fingerprint density at radius 2 is 1.25 bits per heavy atom. The summed E-state index contributed by atoms with van der Waals surface area (Å²) in [5, 5.41) is 0.782. The van der Waals surface area contributed by atoms with Gasteiger partial charge in [0, 0.05) is 5.02 Å². The van der Waals surface area contributed by atoms with E-state index < -0.39 is 0 Å². The molecule has 0 radical (unpaired) electrons. The second kappa shape index (κ2) is 4.31. The lowest BCUT2D eigenvalue weighted by Gasteiger charge is -2.09. The van der Waals surface area contributed by atoms with Gasteiger partial charge in [0.2, 0.25) is 0 Å². The highest BCUT2D eigenvalue weighted by Crippen LogP contribution is 2.25. The van der Waals surface area contributed by atoms with E-state index in [0.717, 1.165) is 5.02 Å². The summed E-state index contributed by atoms with van der Waals surface area (Å²) in [5.74, 6) is 0. The van der Waals surface area contributed by atoms with E-state index in [-0.39, 0.29) is 0 Å². The van der Waals surface area contributed by atoms with Gasteiger partial charge in [-0.3, -0.25) is 0 Å². The topological polar surface area (TPSA) is 0 Å². The van der Waals surface area contributed by atoms with Crippen molar-refractivity contribution in [2.24, 2.45) is 0 Å². The van der Waals surface area contributed by atoms with Crippen molar-refractivity contribution in [3.8, 4) is 11.1 Å². The maximum absolute atomic E-state index is 5.89. The van der Waals surface area contributed by atoms with Gasteiger partial charge in [-0.1, -0.05) is 35.9 Å². The Hall–Kier alpha value is -1.27. The molecule has 82 valence electrons. The maximum atomic E-state index is 5.89. The zero-order valence-electron chi connectivity index (χ0n) is 9.84. The second-order valence-corrected chi connectivity index (χ2v) is 4.68. The average molecular weight is 231 g/mol. The molecule has 0 aliphatic rings. The second-order valence-electron chi connectivity index (χ2n) is 4.24. The molecule has 0 amide bonds. The minimum absolute atomic E-state index is 0.782. The Bertz CT molecular complexity index is 486. The lowest BCUT2D eigenvalue weighted by atomic mass is 9.96. The first-order valence-corrected chi connectivity index (χ1v) is 5.79. The van der Waals surface area contributed by atoms with Crippen molar-refractivity contribution in [1.82, 2.24) is 0 Å². The normalized spacial score (nSPS) is 10.5. The third kappa shape index (κ3) is 2.12. The van der Waals surface area contributed by atoms with Crippen LogP contribution in [0.25, 0.3) is 11.1 Å². The molecule has 0 fully saturated rings. The number of rotatable bonds is 1. The zero-order valence-corrected chi connectivity index (χ0v) is 10.6. The highest BCUT2D eigenvalue weighted by atomic mass is 35.5. The molecule has 2 aromatic carbocycles. The van der Waals surface area contributed by atoms with E-state index >= 15 is 0 Å². The molecule has 0 aliphatic carbocycles. The molecule has 1 heteroatoms. The molecule has 0 aliphatic heterocycles. The predicted octanol–water partition coefficient (Wildman–Crippen LogP) is 4.93. The van der Waals surface area contributed by atoms with Crippen molar-refractivity contribution in [1.29, 1.82) is 0 Å². The fraction of sp³-hybridized carbons (Fsp3) is 0.200. The standard InChI is InChI=1S/C15H15Cl/c1-10-8-14(9-11(2)12(10)3)13-4-6-15(16)7-5-13/h4-9H,1-3H3. The van der Waals surface area contributed by atoms with Gasteiger partial charge in [0.1, 0.15) is 0 Å². The van der Waals surface area contributed by atoms with Crippen molar-refractivity contribution in [3.05, 3.63) is 58.1 Å². The summed E-state index contributed by atoms with van der Waals surface area (Å²) in [7, 11) is 0. The van der Waals surface area contributed by atoms with Crippen LogP contribution < -0.4 is 0 Å². The fourth-order valence-corrected chi connectivity index (χ4v) is 1.97. The van der Waals surface area contributed by atoms with E-state index in [9.17, 15) is 0 Å². The van der Waals surface area contributed by atoms with Crippen LogP contribution in [0.2, 0.25) is 5.02 Å². The van der Waals surface area contributed by atoms with Crippen LogP contribution in [-0.2, 0) is 0 Å². The highest BCUT2D eigenvalue weighted by molar-refractivity contribution is 6.30. The molecular weight excluding hydrogens is 216 g/mol. The third-order valence-electron chi connectivity index (χ3n) is 3.10. The van der Waals surface area contributed by atoms with Crippen molar-refractivity contribution in [3.63, 3.8) is 0 Å². The van der Waals surface area contributed by atoms with Gasteiger partial charge in [-0.05, 0) is 60.7 Å². The predicted molar refractivity (Wildman–Crippen MR) is 71.1 cm³/mol. The number of halogens is 1. The van der Waals surface area contributed by atoms with E-state index in [0.29, 0.717) is 0 Å². The number of benzene rings is 2. The number of hydrogen-bond donors (Lipinski definition) is 0. The summed E-state index contributed by atoms with van der Waals surface area (Å²) in [6.07, 6.45) is 0. The summed E-state index contributed by atoms with van der Waals surface area (Å²) in [5.41, 5.74) is 6.53. The molecule has 0 N–H and O–H groups in total. The molecule has 0 saturated heterocycles. The van der Waals surface area contributed by atoms with Crippen molar-refractivity contribution in [2.45, 2.75) is 20.8 Å². The van der Waals surface area contributed by atoms with E-state index in [1.165, 1.54) is 27.8 Å². The Labute approximate surface area is 102 Å². The molecular formula is C15H15Cl. The van der Waals surface area contributed by atoms with Crippen molar-refractivity contribution >= 4 is 11.6 Å². The molecule has 2 aromatic rings. The third-order valence-corrected chi connectivity index (χ3v) is 3.36. The smallest absolute Gasteiger partial charge is 0.0406 e. The summed E-state index contributed by atoms with van der Waals surface area (Å²) < 4.78 is 0. The number of hydrogen-bond acceptors (Lipinski definition) is 0. The molecule has 0 unspecified atom stereocenters. The highest BCUT2D eigenvalue weighted by Gasteiger charge is 2.03. The van der Waals surface area contributed by atoms with E-state index in [1.807, 2.05) is 12.1 Å². The van der Waals surface area contributed by atoms with Crippen LogP contribution in [0.3, 0.4) is 0 Å². The van der Waals surface area contributed by atoms with Crippen LogP contribution in [0, 0.1) is 20.8 Å². The quantitative estimate of drug-likeness (QED) is 0.652. The Morgan fingerprint density at radius 3 is 1.75 bits per heavy atom. The van der Waals surface area contributed by atoms with Gasteiger partial charge in [0.05, 0.1) is 0 Å². The van der Waals surface area contributed by atoms with Crippen LogP contribution in [0.5, 0.6) is 0 Å². The minimum atomic E-state index is 0.782. The van der Waals surface area contributed by atoms with Gasteiger partial charge >= 0.3 is 0 Å². The van der Waals surface area contributed by atoms with Gasteiger partial charge in [0.25, 0.3) is 0 Å². The van der Waals surface area contributed by atoms with Crippen LogP contribution in [0.4, 0.5) is 0 Å². The zero-order chi connectivity index (χ0) is 11.7. The van der Waals surface area contributed by atoms with Crippen LogP contribution in [0.1, 0.15) is 16.7 Å². The van der Waals surface area contributed by atoms with Gasteiger partial charge in [-0.2, -0.15) is 0 Å². The molecule has 0 atom stereocenters. The van der Waals surface area contributed by atoms with Crippen LogP contribution in [-0.4, -0.2) is 0 Å². The lowest BCUT2D eigenvalue weighted by molar-refractivity contribution is 1.27. The molecule has 2 rings (SSSR count). The summed E-state index contributed by atoms with van der Waals surface area (Å²) in [4.78, 5) is 0. The fourth-order valence-electron chi connectivity index (χ4n) is 1.84. The first kappa shape index (κ1) is 11.2. The van der Waals surface area contributed by atoms with Crippen LogP contribution in [0.15, 0.2) is 36.4 Å². The molecule has 0 bridgehead atoms. The summed E-state index contributed by atoms with van der Waals surface area (Å²) >= 11 is 5.89. The first-order chi connectivity index (χ1) is 7.58. The minimum Gasteiger partial charge on any atom is -0.0843 e. The van der Waals surface area contributed by atoms with E-state index in [4.69, 9.17) is 11.6 Å². The lowest BCUT2D eigenvalue weighted by Crippen LogP contribution is -1.88. The molecule has 0 nitrogen and oxygen atoms in total. The van der Waals surface area contributed by atoms with Gasteiger partial charge in [-0.15, -0.1) is 0 Å². The molecule has 0 heterocycles. The number of aryl methyl sites for hydroxylation is 2. The molecule has 0 spiro atoms. The monoisotopic (exact) mass is 230 g/mol. The Balaban J connectivity index is 2.52. The van der Waals surface area contributed by atoms with Crippen molar-refractivity contribution in [2.75, 3.05) is 0 Å². The van der Waals surface area contributed by atoms with E-state index in [2.05, 4.69) is 45.0 Å². The molecule has 0 aromatic heterocycles. The molecule has 0 saturated carbocycles. The first-order valence-electron chi connectivity index (χ1n) is 5.42. The Kier molecular flexibility index (Phi) is 3.02. The summed E-state index contributed by atoms with van der Waals surface area (Å²) in [6.45, 7) is 6.47. The van der Waals surface area contributed by atoms with Crippen LogP contribution >= 0.6 is 11.6 Å². The van der Waals surface area contributed by atoms with Crippen molar-refractivity contribution < 1.29 is 0 Å². The van der Waals surface area contributed by atoms with E-state index in [1.54, 1.807) is 0 Å². The maximum Gasteiger partial charge on any atom is 0.0406 e. The largest absolute Gasteiger partial charge is 0.0843 e.